The van der Waals surface area contributed by atoms with Gasteiger partial charge < -0.3 is 13.7 Å². The van der Waals surface area contributed by atoms with Crippen molar-refractivity contribution >= 4 is 87.2 Å². The number of fused-ring (bicyclic) bond motifs is 12. The predicted octanol–water partition coefficient (Wildman–Crippen LogP) is 16.7. The van der Waals surface area contributed by atoms with Gasteiger partial charge in [-0.05, 0) is 164 Å². The van der Waals surface area contributed by atoms with E-state index in [1.807, 2.05) is 97.1 Å². The minimum Gasteiger partial charge on any atom is -0.309 e. The van der Waals surface area contributed by atoms with Gasteiger partial charge in [-0.1, -0.05) is 66.7 Å². The number of hydrogen-bond donors (Lipinski definition) is 0. The van der Waals surface area contributed by atoms with Crippen molar-refractivity contribution in [3.05, 3.63) is 245 Å². The van der Waals surface area contributed by atoms with Crippen LogP contribution < -0.4 is 0 Å². The molecule has 0 fully saturated rings. The first-order valence-electron chi connectivity index (χ1n) is 27.1. The molecule has 0 aliphatic carbocycles. The molecule has 10 aromatic carbocycles. The Kier molecular flexibility index (Phi) is 10.7. The van der Waals surface area contributed by atoms with E-state index in [0.717, 1.165) is 121 Å². The second kappa shape index (κ2) is 18.5. The van der Waals surface area contributed by atoms with E-state index in [4.69, 9.17) is 4.98 Å². The number of aryl methyl sites for hydroxylation is 2. The second-order valence-electron chi connectivity index (χ2n) is 21.1. The molecule has 0 unspecified atom stereocenters. The molecule has 0 aliphatic heterocycles. The van der Waals surface area contributed by atoms with Crippen molar-refractivity contribution < 1.29 is 0 Å². The minimum atomic E-state index is 0.445. The van der Waals surface area contributed by atoms with Gasteiger partial charge in [0.25, 0.3) is 0 Å². The standard InChI is InChI=1S/C73H39N11/c1-42-8-7-9-43(2)68(42)69-71(82-62-24-14-44(36-74)30-54(62)55-31-45(37-75)15-25-63(55)82)70(50-20-22-51(23-21-50)81-60-12-5-3-10-52(60)53-11-4-6-13-61(53)81)80-73(84-66-28-18-48(40-78)34-58(66)59-35-49(41-79)19-29-67(59)84)72(69)83-64-26-16-46(38-76)32-56(64)57-33-47(39-77)17-27-65(57)83/h3-35H,1-2H3. The number of para-hydroxylation sites is 2. The van der Waals surface area contributed by atoms with Crippen molar-refractivity contribution in [3.63, 3.8) is 0 Å². The third-order valence-electron chi connectivity index (χ3n) is 16.6. The molecular formula is C73H39N11. The number of hydrogen-bond acceptors (Lipinski definition) is 7. The van der Waals surface area contributed by atoms with Gasteiger partial charge in [0.2, 0.25) is 0 Å². The first kappa shape index (κ1) is 48.6. The Bertz CT molecular complexity index is 5430. The first-order valence-corrected chi connectivity index (χ1v) is 27.1. The Balaban J connectivity index is 1.21. The van der Waals surface area contributed by atoms with Crippen molar-refractivity contribution in [3.8, 4) is 81.7 Å². The minimum absolute atomic E-state index is 0.445. The normalized spacial score (nSPS) is 11.4. The molecule has 386 valence electrons. The molecule has 5 aromatic heterocycles. The summed E-state index contributed by atoms with van der Waals surface area (Å²) in [5.74, 6) is 0.499. The van der Waals surface area contributed by atoms with Gasteiger partial charge >= 0.3 is 0 Å². The topological polar surface area (TPSA) is 175 Å². The monoisotopic (exact) mass is 1070 g/mol. The molecule has 5 heterocycles. The molecule has 0 aliphatic rings. The number of benzene rings is 10. The Morgan fingerprint density at radius 1 is 0.298 bits per heavy atom. The van der Waals surface area contributed by atoms with Crippen LogP contribution in [0.5, 0.6) is 0 Å². The maximum atomic E-state index is 10.5. The molecule has 0 atom stereocenters. The molecule has 0 radical (unpaired) electrons. The molecule has 0 amide bonds. The van der Waals surface area contributed by atoms with Gasteiger partial charge in [-0.3, -0.25) is 4.57 Å². The molecular weight excluding hydrogens is 1030 g/mol. The Hall–Kier alpha value is -12.5. The van der Waals surface area contributed by atoms with E-state index in [-0.39, 0.29) is 0 Å². The van der Waals surface area contributed by atoms with Crippen LogP contribution in [0.4, 0.5) is 0 Å². The molecule has 15 aromatic rings. The highest BCUT2D eigenvalue weighted by molar-refractivity contribution is 6.16. The van der Waals surface area contributed by atoms with Gasteiger partial charge in [-0.15, -0.1) is 0 Å². The zero-order valence-corrected chi connectivity index (χ0v) is 45.0. The fourth-order valence-corrected chi connectivity index (χ4v) is 13.0. The van der Waals surface area contributed by atoms with Crippen molar-refractivity contribution in [2.24, 2.45) is 0 Å². The summed E-state index contributed by atoms with van der Waals surface area (Å²) in [5, 5.41) is 69.5. The van der Waals surface area contributed by atoms with Crippen molar-refractivity contribution in [1.29, 1.82) is 31.6 Å². The highest BCUT2D eigenvalue weighted by Gasteiger charge is 2.33. The van der Waals surface area contributed by atoms with Crippen LogP contribution in [0, 0.1) is 81.8 Å². The third-order valence-corrected chi connectivity index (χ3v) is 16.6. The molecule has 0 saturated heterocycles. The molecule has 11 heteroatoms. The summed E-state index contributed by atoms with van der Waals surface area (Å²) < 4.78 is 8.85. The summed E-state index contributed by atoms with van der Waals surface area (Å²) in [7, 11) is 0. The fraction of sp³-hybridized carbons (Fsp3) is 0.0274. The third kappa shape index (κ3) is 7.02. The highest BCUT2D eigenvalue weighted by atomic mass is 15.1. The lowest BCUT2D eigenvalue weighted by atomic mass is 9.91. The highest BCUT2D eigenvalue weighted by Crippen LogP contribution is 2.50. The van der Waals surface area contributed by atoms with Gasteiger partial charge in [0, 0.05) is 59.9 Å². The smallest absolute Gasteiger partial charge is 0.163 e. The molecule has 15 rings (SSSR count). The van der Waals surface area contributed by atoms with Crippen molar-refractivity contribution in [2.45, 2.75) is 13.8 Å². The van der Waals surface area contributed by atoms with Crippen LogP contribution in [0.2, 0.25) is 0 Å². The van der Waals surface area contributed by atoms with Crippen LogP contribution in [0.1, 0.15) is 44.5 Å². The van der Waals surface area contributed by atoms with E-state index in [1.54, 1.807) is 12.1 Å². The lowest BCUT2D eigenvalue weighted by molar-refractivity contribution is 1.01. The van der Waals surface area contributed by atoms with E-state index in [1.165, 1.54) is 0 Å². The van der Waals surface area contributed by atoms with Gasteiger partial charge in [0.05, 0.1) is 131 Å². The van der Waals surface area contributed by atoms with Crippen molar-refractivity contribution in [2.75, 3.05) is 0 Å². The number of aromatic nitrogens is 5. The second-order valence-corrected chi connectivity index (χ2v) is 21.1. The van der Waals surface area contributed by atoms with Gasteiger partial charge in [0.1, 0.15) is 0 Å². The summed E-state index contributed by atoms with van der Waals surface area (Å²) in [5.41, 5.74) is 16.5. The molecule has 0 N–H and O–H groups in total. The summed E-state index contributed by atoms with van der Waals surface area (Å²) in [6.07, 6.45) is 0. The Morgan fingerprint density at radius 3 is 1.00 bits per heavy atom. The number of nitriles is 6. The van der Waals surface area contributed by atoms with E-state index in [2.05, 4.69) is 160 Å². The van der Waals surface area contributed by atoms with Crippen LogP contribution in [-0.4, -0.2) is 23.3 Å². The maximum absolute atomic E-state index is 10.5. The largest absolute Gasteiger partial charge is 0.309 e. The fourth-order valence-electron chi connectivity index (χ4n) is 13.0. The van der Waals surface area contributed by atoms with Crippen LogP contribution in [0.25, 0.3) is 132 Å². The van der Waals surface area contributed by atoms with Gasteiger partial charge in [-0.2, -0.15) is 31.6 Å². The predicted molar refractivity (Wildman–Crippen MR) is 330 cm³/mol. The van der Waals surface area contributed by atoms with Crippen LogP contribution in [0.15, 0.2) is 200 Å². The zero-order valence-electron chi connectivity index (χ0n) is 45.0. The van der Waals surface area contributed by atoms with E-state index in [0.29, 0.717) is 56.3 Å². The summed E-state index contributed by atoms with van der Waals surface area (Å²) in [4.78, 5) is 6.16. The van der Waals surface area contributed by atoms with Crippen molar-refractivity contribution in [1.82, 2.24) is 23.3 Å². The SMILES string of the molecule is Cc1cccc(C)c1-c1c(-n2c3ccc(C#N)cc3c3cc(C#N)ccc32)c(-c2ccc(-n3c4ccccc4c4ccccc43)cc2)nc(-n2c3ccc(C#N)cc3c3cc(C#N)ccc32)c1-n1c2ccc(C#N)cc2c2cc(C#N)ccc21. The van der Waals surface area contributed by atoms with Crippen LogP contribution >= 0.6 is 0 Å². The summed E-state index contributed by atoms with van der Waals surface area (Å²) in [6, 6.07) is 79.6. The number of nitrogens with zero attached hydrogens (tertiary/aromatic N) is 11. The van der Waals surface area contributed by atoms with Gasteiger partial charge in [0.15, 0.2) is 5.82 Å². The average molecular weight is 1070 g/mol. The molecule has 0 bridgehead atoms. The van der Waals surface area contributed by atoms with Gasteiger partial charge in [-0.25, -0.2) is 4.98 Å². The quantitative estimate of drug-likeness (QED) is 0.159. The first-order chi connectivity index (χ1) is 41.2. The van der Waals surface area contributed by atoms with Crippen LogP contribution in [0.3, 0.4) is 0 Å². The molecule has 0 saturated carbocycles. The summed E-state index contributed by atoms with van der Waals surface area (Å²) in [6.45, 7) is 4.22. The molecule has 0 spiro atoms. The van der Waals surface area contributed by atoms with E-state index < -0.39 is 0 Å². The maximum Gasteiger partial charge on any atom is 0.163 e. The number of rotatable bonds is 6. The zero-order chi connectivity index (χ0) is 57.1. The summed E-state index contributed by atoms with van der Waals surface area (Å²) >= 11 is 0. The lowest BCUT2D eigenvalue weighted by Gasteiger charge is -2.27. The molecule has 11 nitrogen and oxygen atoms in total. The van der Waals surface area contributed by atoms with E-state index >= 15 is 0 Å². The van der Waals surface area contributed by atoms with E-state index in [9.17, 15) is 31.6 Å². The molecule has 84 heavy (non-hydrogen) atoms. The number of pyridine rings is 1. The Morgan fingerprint density at radius 2 is 0.631 bits per heavy atom. The Labute approximate surface area is 479 Å². The lowest BCUT2D eigenvalue weighted by Crippen LogP contribution is -2.14. The average Bonchev–Trinajstić information content (AvgIpc) is 2.43. The van der Waals surface area contributed by atoms with Crippen LogP contribution in [-0.2, 0) is 0 Å².